The number of hydrogen-bond acceptors (Lipinski definition) is 4. The smallest absolute Gasteiger partial charge is 0.271 e. The van der Waals surface area contributed by atoms with Gasteiger partial charge in [-0.25, -0.2) is 8.42 Å². The van der Waals surface area contributed by atoms with Crippen molar-refractivity contribution < 1.29 is 8.42 Å². The van der Waals surface area contributed by atoms with Gasteiger partial charge in [0, 0.05) is 27.0 Å². The Morgan fingerprint density at radius 1 is 0.880 bits per heavy atom. The zero-order valence-electron chi connectivity index (χ0n) is 13.7. The highest BCUT2D eigenvalue weighted by molar-refractivity contribution is 7.94. The summed E-state index contributed by atoms with van der Waals surface area (Å²) < 4.78 is 27.6. The van der Waals surface area contributed by atoms with Crippen molar-refractivity contribution >= 4 is 50.0 Å². The second kappa shape index (κ2) is 7.07. The van der Waals surface area contributed by atoms with Gasteiger partial charge < -0.3 is 5.32 Å². The van der Waals surface area contributed by atoms with Crippen LogP contribution in [0.5, 0.6) is 0 Å². The summed E-state index contributed by atoms with van der Waals surface area (Å²) in [6.45, 7) is 3.82. The van der Waals surface area contributed by atoms with Crippen LogP contribution in [0.4, 0.5) is 17.1 Å². The number of thiophene rings is 1. The molecule has 0 saturated carbocycles. The molecule has 7 heteroatoms. The predicted molar refractivity (Wildman–Crippen MR) is 106 cm³/mol. The molecule has 0 unspecified atom stereocenters. The van der Waals surface area contributed by atoms with E-state index in [0.29, 0.717) is 14.9 Å². The first-order valence-electron chi connectivity index (χ1n) is 7.56. The Labute approximate surface area is 156 Å². The Kier molecular flexibility index (Phi) is 5.03. The van der Waals surface area contributed by atoms with E-state index in [1.165, 1.54) is 11.3 Å². The Hall–Kier alpha value is -2.02. The van der Waals surface area contributed by atoms with Crippen molar-refractivity contribution in [3.05, 3.63) is 70.1 Å². The molecule has 4 nitrogen and oxygen atoms in total. The topological polar surface area (TPSA) is 58.2 Å². The maximum Gasteiger partial charge on any atom is 0.271 e. The average Bonchev–Trinajstić information content (AvgIpc) is 3.00. The van der Waals surface area contributed by atoms with Gasteiger partial charge in [0.15, 0.2) is 0 Å². The Morgan fingerprint density at radius 3 is 2.12 bits per heavy atom. The second-order valence-electron chi connectivity index (χ2n) is 5.64. The van der Waals surface area contributed by atoms with Crippen LogP contribution >= 0.6 is 22.9 Å². The van der Waals surface area contributed by atoms with Gasteiger partial charge in [0.1, 0.15) is 4.21 Å². The van der Waals surface area contributed by atoms with E-state index in [1.807, 2.05) is 44.2 Å². The van der Waals surface area contributed by atoms with E-state index in [1.54, 1.807) is 24.3 Å². The molecule has 0 bridgehead atoms. The van der Waals surface area contributed by atoms with Gasteiger partial charge in [0.25, 0.3) is 10.0 Å². The summed E-state index contributed by atoms with van der Waals surface area (Å²) in [5.41, 5.74) is 3.24. The molecule has 3 aromatic rings. The Bertz CT molecular complexity index is 996. The SMILES string of the molecule is Cc1ccc(S(=O)(=O)Nc2ccc(Nc3ccc(C)c(Cl)c3)cc2)s1. The second-order valence-corrected chi connectivity index (χ2v) is 9.24. The van der Waals surface area contributed by atoms with Crippen LogP contribution in [0.3, 0.4) is 0 Å². The first-order valence-corrected chi connectivity index (χ1v) is 10.2. The summed E-state index contributed by atoms with van der Waals surface area (Å²) >= 11 is 7.37. The van der Waals surface area contributed by atoms with Gasteiger partial charge in [-0.15, -0.1) is 11.3 Å². The lowest BCUT2D eigenvalue weighted by Crippen LogP contribution is -2.11. The minimum atomic E-state index is -3.54. The molecule has 0 fully saturated rings. The van der Waals surface area contributed by atoms with Crippen LogP contribution < -0.4 is 10.0 Å². The zero-order valence-corrected chi connectivity index (χ0v) is 16.1. The zero-order chi connectivity index (χ0) is 18.0. The van der Waals surface area contributed by atoms with E-state index in [4.69, 9.17) is 11.6 Å². The van der Waals surface area contributed by atoms with Gasteiger partial charge >= 0.3 is 0 Å². The molecule has 0 saturated heterocycles. The quantitative estimate of drug-likeness (QED) is 0.597. The van der Waals surface area contributed by atoms with Gasteiger partial charge in [0.05, 0.1) is 0 Å². The summed E-state index contributed by atoms with van der Waals surface area (Å²) in [6, 6.07) is 16.2. The van der Waals surface area contributed by atoms with E-state index < -0.39 is 10.0 Å². The highest BCUT2D eigenvalue weighted by atomic mass is 35.5. The molecule has 2 aromatic carbocycles. The number of halogens is 1. The van der Waals surface area contributed by atoms with Crippen molar-refractivity contribution in [1.29, 1.82) is 0 Å². The highest BCUT2D eigenvalue weighted by Crippen LogP contribution is 2.26. The highest BCUT2D eigenvalue weighted by Gasteiger charge is 2.16. The minimum absolute atomic E-state index is 0.307. The molecule has 130 valence electrons. The lowest BCUT2D eigenvalue weighted by Gasteiger charge is -2.10. The van der Waals surface area contributed by atoms with Crippen LogP contribution in [0.1, 0.15) is 10.4 Å². The van der Waals surface area contributed by atoms with Crippen molar-refractivity contribution in [3.8, 4) is 0 Å². The van der Waals surface area contributed by atoms with E-state index in [0.717, 1.165) is 21.8 Å². The lowest BCUT2D eigenvalue weighted by molar-refractivity contribution is 0.603. The van der Waals surface area contributed by atoms with Gasteiger partial charge in [-0.2, -0.15) is 0 Å². The fourth-order valence-electron chi connectivity index (χ4n) is 2.22. The van der Waals surface area contributed by atoms with Gasteiger partial charge in [-0.1, -0.05) is 17.7 Å². The molecule has 2 N–H and O–H groups in total. The van der Waals surface area contributed by atoms with Crippen molar-refractivity contribution in [2.45, 2.75) is 18.1 Å². The fraction of sp³-hybridized carbons (Fsp3) is 0.111. The molecule has 0 spiro atoms. The van der Waals surface area contributed by atoms with Crippen LogP contribution in [-0.2, 0) is 10.0 Å². The van der Waals surface area contributed by atoms with Crippen molar-refractivity contribution in [3.63, 3.8) is 0 Å². The third-order valence-corrected chi connectivity index (χ3v) is 6.86. The molecular weight excluding hydrogens is 376 g/mol. The monoisotopic (exact) mass is 392 g/mol. The molecule has 0 aliphatic rings. The molecule has 0 amide bonds. The molecule has 1 aromatic heterocycles. The number of hydrogen-bond donors (Lipinski definition) is 2. The summed E-state index contributed by atoms with van der Waals surface area (Å²) in [5, 5.41) is 3.93. The minimum Gasteiger partial charge on any atom is -0.355 e. The number of anilines is 3. The van der Waals surface area contributed by atoms with Crippen LogP contribution in [0.25, 0.3) is 0 Å². The first kappa shape index (κ1) is 17.8. The van der Waals surface area contributed by atoms with Crippen molar-refractivity contribution in [2.24, 2.45) is 0 Å². The normalized spacial score (nSPS) is 11.3. The molecule has 1 heterocycles. The van der Waals surface area contributed by atoms with E-state index >= 15 is 0 Å². The van der Waals surface area contributed by atoms with Gasteiger partial charge in [-0.3, -0.25) is 4.72 Å². The maximum atomic E-state index is 12.3. The third-order valence-electron chi connectivity index (χ3n) is 3.58. The number of aryl methyl sites for hydroxylation is 2. The molecule has 3 rings (SSSR count). The lowest BCUT2D eigenvalue weighted by atomic mass is 10.2. The molecular formula is C18H17ClN2O2S2. The van der Waals surface area contributed by atoms with E-state index in [9.17, 15) is 8.42 Å². The first-order chi connectivity index (χ1) is 11.8. The summed E-state index contributed by atoms with van der Waals surface area (Å²) in [4.78, 5) is 0.955. The average molecular weight is 393 g/mol. The molecule has 0 radical (unpaired) electrons. The van der Waals surface area contributed by atoms with Crippen LogP contribution in [0, 0.1) is 13.8 Å². The third kappa shape index (κ3) is 4.34. The number of rotatable bonds is 5. The van der Waals surface area contributed by atoms with Crippen LogP contribution in [0.2, 0.25) is 5.02 Å². The van der Waals surface area contributed by atoms with Gasteiger partial charge in [0.2, 0.25) is 0 Å². The molecule has 25 heavy (non-hydrogen) atoms. The Balaban J connectivity index is 1.72. The van der Waals surface area contributed by atoms with Crippen LogP contribution in [0.15, 0.2) is 58.8 Å². The van der Waals surface area contributed by atoms with Crippen molar-refractivity contribution in [1.82, 2.24) is 0 Å². The summed E-state index contributed by atoms with van der Waals surface area (Å²) in [6.07, 6.45) is 0. The molecule has 0 atom stereocenters. The standard InChI is InChI=1S/C18H17ClN2O2S2/c1-12-3-5-16(11-17(12)19)20-14-6-8-15(9-7-14)21-25(22,23)18-10-4-13(2)24-18/h3-11,20-21H,1-2H3. The van der Waals surface area contributed by atoms with Crippen LogP contribution in [-0.4, -0.2) is 8.42 Å². The molecule has 0 aliphatic heterocycles. The van der Waals surface area contributed by atoms with E-state index in [2.05, 4.69) is 10.0 Å². The summed E-state index contributed by atoms with van der Waals surface area (Å²) in [5.74, 6) is 0. The number of benzene rings is 2. The summed E-state index contributed by atoms with van der Waals surface area (Å²) in [7, 11) is -3.54. The van der Waals surface area contributed by atoms with E-state index in [-0.39, 0.29) is 0 Å². The molecule has 0 aliphatic carbocycles. The largest absolute Gasteiger partial charge is 0.355 e. The maximum absolute atomic E-state index is 12.3. The Morgan fingerprint density at radius 2 is 1.52 bits per heavy atom. The van der Waals surface area contributed by atoms with Crippen molar-refractivity contribution in [2.75, 3.05) is 10.0 Å². The predicted octanol–water partition coefficient (Wildman–Crippen LogP) is 5.56. The number of nitrogens with one attached hydrogen (secondary N) is 2. The van der Waals surface area contributed by atoms with Gasteiger partial charge in [-0.05, 0) is 67.9 Å². The fourth-order valence-corrected chi connectivity index (χ4v) is 4.74. The number of sulfonamides is 1.